The molecule has 2 heterocycles. The maximum atomic E-state index is 12.5. The smallest absolute Gasteiger partial charge is 0.305 e. The average molecular weight is 305 g/mol. The fourth-order valence-corrected chi connectivity index (χ4v) is 5.26. The number of piperidine rings is 1. The predicted octanol–water partition coefficient (Wildman–Crippen LogP) is 0.460. The molecule has 0 unspecified atom stereocenters. The Kier molecular flexibility index (Phi) is 4.14. The van der Waals surface area contributed by atoms with Gasteiger partial charge in [0.15, 0.2) is 4.21 Å². The average Bonchev–Trinajstić information content (AvgIpc) is 2.69. The van der Waals surface area contributed by atoms with Gasteiger partial charge in [0, 0.05) is 24.8 Å². The quantitative estimate of drug-likeness (QED) is 0.880. The highest BCUT2D eigenvalue weighted by atomic mass is 32.2. The molecular formula is C11H19N3O3S2. The number of sulfonamides is 1. The molecule has 1 N–H and O–H groups in total. The third-order valence-corrected chi connectivity index (χ3v) is 6.99. The van der Waals surface area contributed by atoms with Crippen LogP contribution in [-0.2, 0) is 10.0 Å². The molecule has 6 nitrogen and oxygen atoms in total. The van der Waals surface area contributed by atoms with Crippen molar-refractivity contribution in [2.45, 2.75) is 30.0 Å². The van der Waals surface area contributed by atoms with E-state index in [0.29, 0.717) is 24.8 Å². The van der Waals surface area contributed by atoms with E-state index in [0.717, 1.165) is 24.2 Å². The van der Waals surface area contributed by atoms with Gasteiger partial charge in [-0.1, -0.05) is 11.3 Å². The van der Waals surface area contributed by atoms with Gasteiger partial charge in [-0.3, -0.25) is 4.79 Å². The van der Waals surface area contributed by atoms with Crippen LogP contribution in [0.15, 0.2) is 9.00 Å². The third-order valence-electron chi connectivity index (χ3n) is 3.51. The van der Waals surface area contributed by atoms with Crippen LogP contribution in [0.25, 0.3) is 0 Å². The molecule has 108 valence electrons. The number of aryl methyl sites for hydroxylation is 1. The van der Waals surface area contributed by atoms with Crippen molar-refractivity contribution in [3.63, 3.8) is 0 Å². The summed E-state index contributed by atoms with van der Waals surface area (Å²) in [5.41, 5.74) is 0.435. The molecule has 8 heteroatoms. The predicted molar refractivity (Wildman–Crippen MR) is 75.1 cm³/mol. The Bertz CT molecular complexity index is 595. The molecule has 0 radical (unpaired) electrons. The molecule has 1 aliphatic rings. The van der Waals surface area contributed by atoms with Crippen LogP contribution in [0.1, 0.15) is 18.5 Å². The van der Waals surface area contributed by atoms with Crippen molar-refractivity contribution in [2.24, 2.45) is 0 Å². The summed E-state index contributed by atoms with van der Waals surface area (Å²) in [6, 6.07) is 0.428. The largest absolute Gasteiger partial charge is 0.315 e. The Balaban J connectivity index is 2.19. The molecule has 0 atom stereocenters. The number of hydrogen-bond acceptors (Lipinski definition) is 5. The van der Waals surface area contributed by atoms with Crippen LogP contribution in [0, 0.1) is 6.92 Å². The summed E-state index contributed by atoms with van der Waals surface area (Å²) in [5, 5.41) is 0. The zero-order valence-electron chi connectivity index (χ0n) is 11.3. The van der Waals surface area contributed by atoms with Crippen LogP contribution in [0.4, 0.5) is 0 Å². The number of H-pyrrole nitrogens is 1. The maximum absolute atomic E-state index is 12.5. The number of hydrogen-bond donors (Lipinski definition) is 1. The van der Waals surface area contributed by atoms with Gasteiger partial charge in [0.1, 0.15) is 0 Å². The van der Waals surface area contributed by atoms with E-state index in [2.05, 4.69) is 9.88 Å². The molecule has 1 aliphatic heterocycles. The van der Waals surface area contributed by atoms with Crippen molar-refractivity contribution in [3.8, 4) is 0 Å². The molecule has 0 aromatic carbocycles. The SMILES string of the molecule is Cc1[nH]c(=O)sc1S(=O)(=O)N1CCC(N(C)C)CC1. The van der Waals surface area contributed by atoms with E-state index in [1.54, 1.807) is 6.92 Å². The molecular weight excluding hydrogens is 286 g/mol. The highest BCUT2D eigenvalue weighted by Crippen LogP contribution is 2.25. The zero-order valence-corrected chi connectivity index (χ0v) is 13.0. The number of aromatic nitrogens is 1. The fourth-order valence-electron chi connectivity index (χ4n) is 2.35. The van der Waals surface area contributed by atoms with E-state index in [1.165, 1.54) is 4.31 Å². The Morgan fingerprint density at radius 3 is 2.32 bits per heavy atom. The number of thiazole rings is 1. The third kappa shape index (κ3) is 2.91. The molecule has 1 aromatic heterocycles. The summed E-state index contributed by atoms with van der Waals surface area (Å²) in [7, 11) is 0.503. The lowest BCUT2D eigenvalue weighted by Crippen LogP contribution is -2.44. The second-order valence-electron chi connectivity index (χ2n) is 5.03. The van der Waals surface area contributed by atoms with Gasteiger partial charge in [-0.05, 0) is 33.9 Å². The summed E-state index contributed by atoms with van der Waals surface area (Å²) in [4.78, 5) is 15.6. The van der Waals surface area contributed by atoms with Gasteiger partial charge < -0.3 is 9.88 Å². The van der Waals surface area contributed by atoms with E-state index in [1.807, 2.05) is 14.1 Å². The van der Waals surface area contributed by atoms with Crippen LogP contribution < -0.4 is 4.87 Å². The zero-order chi connectivity index (χ0) is 14.2. The van der Waals surface area contributed by atoms with Crippen LogP contribution >= 0.6 is 11.3 Å². The summed E-state index contributed by atoms with van der Waals surface area (Å²) < 4.78 is 26.6. The van der Waals surface area contributed by atoms with E-state index in [-0.39, 0.29) is 9.08 Å². The van der Waals surface area contributed by atoms with Gasteiger partial charge in [0.2, 0.25) is 0 Å². The second kappa shape index (κ2) is 5.35. The first-order valence-corrected chi connectivity index (χ1v) is 8.44. The molecule has 0 bridgehead atoms. The van der Waals surface area contributed by atoms with Crippen molar-refractivity contribution in [3.05, 3.63) is 15.4 Å². The Morgan fingerprint density at radius 1 is 1.32 bits per heavy atom. The number of nitrogens with zero attached hydrogens (tertiary/aromatic N) is 2. The summed E-state index contributed by atoms with van der Waals surface area (Å²) in [6.45, 7) is 2.64. The van der Waals surface area contributed by atoms with Gasteiger partial charge in [0.25, 0.3) is 10.0 Å². The highest BCUT2D eigenvalue weighted by molar-refractivity contribution is 7.91. The summed E-state index contributed by atoms with van der Waals surface area (Å²) >= 11 is 0.771. The number of nitrogens with one attached hydrogen (secondary N) is 1. The standard InChI is InChI=1S/C11H19N3O3S2/c1-8-10(18-11(15)12-8)19(16,17)14-6-4-9(5-7-14)13(2)3/h9H,4-7H2,1-3H3,(H,12,15). The molecule has 1 fully saturated rings. The lowest BCUT2D eigenvalue weighted by atomic mass is 10.1. The molecule has 1 saturated heterocycles. The first-order valence-electron chi connectivity index (χ1n) is 6.18. The second-order valence-corrected chi connectivity index (χ2v) is 8.14. The Hall–Kier alpha value is -0.700. The van der Waals surface area contributed by atoms with Gasteiger partial charge in [0.05, 0.1) is 0 Å². The minimum Gasteiger partial charge on any atom is -0.315 e. The van der Waals surface area contributed by atoms with E-state index < -0.39 is 10.0 Å². The first kappa shape index (κ1) is 14.7. The highest BCUT2D eigenvalue weighted by Gasteiger charge is 2.32. The Morgan fingerprint density at radius 2 is 1.89 bits per heavy atom. The Labute approximate surface area is 117 Å². The van der Waals surface area contributed by atoms with Crippen molar-refractivity contribution < 1.29 is 8.42 Å². The van der Waals surface area contributed by atoms with Gasteiger partial charge in [-0.25, -0.2) is 8.42 Å². The normalized spacial score (nSPS) is 19.2. The maximum Gasteiger partial charge on any atom is 0.305 e. The number of rotatable bonds is 3. The van der Waals surface area contributed by atoms with E-state index in [4.69, 9.17) is 0 Å². The van der Waals surface area contributed by atoms with E-state index in [9.17, 15) is 13.2 Å². The minimum absolute atomic E-state index is 0.154. The number of aromatic amines is 1. The van der Waals surface area contributed by atoms with Gasteiger partial charge in [-0.2, -0.15) is 4.31 Å². The van der Waals surface area contributed by atoms with Crippen molar-refractivity contribution >= 4 is 21.4 Å². The molecule has 0 aliphatic carbocycles. The van der Waals surface area contributed by atoms with E-state index >= 15 is 0 Å². The lowest BCUT2D eigenvalue weighted by molar-refractivity contribution is 0.196. The van der Waals surface area contributed by atoms with Crippen LogP contribution in [0.3, 0.4) is 0 Å². The topological polar surface area (TPSA) is 73.5 Å². The summed E-state index contributed by atoms with van der Waals surface area (Å²) in [6.07, 6.45) is 1.65. The van der Waals surface area contributed by atoms with Crippen molar-refractivity contribution in [1.29, 1.82) is 0 Å². The van der Waals surface area contributed by atoms with Crippen LogP contribution in [0.2, 0.25) is 0 Å². The van der Waals surface area contributed by atoms with Crippen molar-refractivity contribution in [2.75, 3.05) is 27.2 Å². The van der Waals surface area contributed by atoms with Gasteiger partial charge in [-0.15, -0.1) is 0 Å². The lowest BCUT2D eigenvalue weighted by Gasteiger charge is -2.34. The summed E-state index contributed by atoms with van der Waals surface area (Å²) in [5.74, 6) is 0. The minimum atomic E-state index is -3.52. The molecule has 0 amide bonds. The molecule has 2 rings (SSSR count). The molecule has 19 heavy (non-hydrogen) atoms. The van der Waals surface area contributed by atoms with Crippen LogP contribution in [-0.4, -0.2) is 55.8 Å². The van der Waals surface area contributed by atoms with Crippen LogP contribution in [0.5, 0.6) is 0 Å². The van der Waals surface area contributed by atoms with Gasteiger partial charge >= 0.3 is 4.87 Å². The molecule has 0 spiro atoms. The molecule has 0 saturated carbocycles. The molecule has 1 aromatic rings. The first-order chi connectivity index (χ1) is 8.82. The fraction of sp³-hybridized carbons (Fsp3) is 0.727. The van der Waals surface area contributed by atoms with Crippen molar-refractivity contribution in [1.82, 2.24) is 14.2 Å². The monoisotopic (exact) mass is 305 g/mol.